The van der Waals surface area contributed by atoms with E-state index < -0.39 is 0 Å². The van der Waals surface area contributed by atoms with Gasteiger partial charge in [0.05, 0.1) is 6.54 Å². The van der Waals surface area contributed by atoms with Gasteiger partial charge in [-0.3, -0.25) is 0 Å². The summed E-state index contributed by atoms with van der Waals surface area (Å²) in [5.74, 6) is 1.27. The molecule has 1 fully saturated rings. The van der Waals surface area contributed by atoms with Gasteiger partial charge >= 0.3 is 0 Å². The maximum atomic E-state index is 6.03. The average Bonchev–Trinajstić information content (AvgIpc) is 3.12. The molecule has 0 unspecified atom stereocenters. The van der Waals surface area contributed by atoms with Gasteiger partial charge in [-0.05, 0) is 35.9 Å². The highest BCUT2D eigenvalue weighted by atomic mass is 35.5. The Morgan fingerprint density at radius 3 is 2.60 bits per heavy atom. The van der Waals surface area contributed by atoms with Crippen molar-refractivity contribution >= 4 is 34.8 Å². The smallest absolute Gasteiger partial charge is 0.232 e. The van der Waals surface area contributed by atoms with Crippen molar-refractivity contribution in [2.24, 2.45) is 0 Å². The molecule has 106 valence electrons. The zero-order chi connectivity index (χ0) is 14.1. The third-order valence-corrected chi connectivity index (χ3v) is 4.17. The molecule has 0 atom stereocenters. The van der Waals surface area contributed by atoms with Gasteiger partial charge in [0.2, 0.25) is 17.2 Å². The molecule has 0 bridgehead atoms. The summed E-state index contributed by atoms with van der Waals surface area (Å²) in [6, 6.07) is 4.72. The van der Waals surface area contributed by atoms with Crippen LogP contribution in [0.2, 0.25) is 5.28 Å². The van der Waals surface area contributed by atoms with E-state index >= 15 is 0 Å². The molecule has 0 amide bonds. The molecule has 3 rings (SSSR count). The fourth-order valence-corrected chi connectivity index (χ4v) is 2.83. The molecule has 0 aromatic carbocycles. The van der Waals surface area contributed by atoms with Crippen LogP contribution < -0.4 is 9.80 Å². The van der Waals surface area contributed by atoms with E-state index in [9.17, 15) is 0 Å². The highest BCUT2D eigenvalue weighted by Gasteiger charge is 2.31. The average molecular weight is 310 g/mol. The van der Waals surface area contributed by atoms with E-state index in [4.69, 9.17) is 11.6 Å². The first-order valence-electron chi connectivity index (χ1n) is 6.51. The van der Waals surface area contributed by atoms with Crippen LogP contribution in [0.4, 0.5) is 11.9 Å². The molecule has 0 spiro atoms. The molecule has 5 nitrogen and oxygen atoms in total. The summed E-state index contributed by atoms with van der Waals surface area (Å²) in [7, 11) is 3.80. The van der Waals surface area contributed by atoms with Gasteiger partial charge in [0.15, 0.2) is 0 Å². The predicted molar refractivity (Wildman–Crippen MR) is 82.7 cm³/mol. The molecule has 2 heterocycles. The molecule has 0 aliphatic heterocycles. The third kappa shape index (κ3) is 3.02. The largest absolute Gasteiger partial charge is 0.347 e. The molecule has 20 heavy (non-hydrogen) atoms. The molecule has 0 saturated heterocycles. The molecule has 2 aromatic heterocycles. The van der Waals surface area contributed by atoms with Gasteiger partial charge in [-0.15, -0.1) is 11.3 Å². The molecule has 7 heteroatoms. The quantitative estimate of drug-likeness (QED) is 0.850. The Morgan fingerprint density at radius 2 is 2.00 bits per heavy atom. The van der Waals surface area contributed by atoms with Crippen molar-refractivity contribution in [2.75, 3.05) is 23.9 Å². The molecular weight excluding hydrogens is 294 g/mol. The Morgan fingerprint density at radius 1 is 1.25 bits per heavy atom. The zero-order valence-electron chi connectivity index (χ0n) is 11.5. The minimum atomic E-state index is 0.246. The second-order valence-corrected chi connectivity index (χ2v) is 6.41. The minimum Gasteiger partial charge on any atom is -0.347 e. The van der Waals surface area contributed by atoms with Crippen LogP contribution in [0.15, 0.2) is 17.5 Å². The predicted octanol–water partition coefficient (Wildman–Crippen LogP) is 2.82. The Labute approximate surface area is 127 Å². The summed E-state index contributed by atoms with van der Waals surface area (Å²) in [6.07, 6.45) is 2.37. The van der Waals surface area contributed by atoms with Crippen LogP contribution in [0.1, 0.15) is 17.7 Å². The van der Waals surface area contributed by atoms with Crippen LogP contribution in [0.25, 0.3) is 0 Å². The van der Waals surface area contributed by atoms with E-state index in [1.807, 2.05) is 19.0 Å². The number of thiophene rings is 1. The third-order valence-electron chi connectivity index (χ3n) is 3.14. The number of nitrogens with zero attached hydrogens (tertiary/aromatic N) is 5. The lowest BCUT2D eigenvalue weighted by Gasteiger charge is -2.22. The van der Waals surface area contributed by atoms with Crippen LogP contribution in [0, 0.1) is 0 Å². The SMILES string of the molecule is CN(C)c1nc(Cl)nc(N(Cc2cccs2)C2CC2)n1. The zero-order valence-corrected chi connectivity index (χ0v) is 13.0. The van der Waals surface area contributed by atoms with Crippen LogP contribution in [-0.4, -0.2) is 35.1 Å². The first kappa shape index (κ1) is 13.6. The van der Waals surface area contributed by atoms with Crippen LogP contribution in [0.3, 0.4) is 0 Å². The normalized spacial score (nSPS) is 14.3. The maximum Gasteiger partial charge on any atom is 0.232 e. The number of anilines is 2. The summed E-state index contributed by atoms with van der Waals surface area (Å²) in [6.45, 7) is 0.829. The van der Waals surface area contributed by atoms with E-state index in [0.29, 0.717) is 17.9 Å². The van der Waals surface area contributed by atoms with Crippen LogP contribution in [-0.2, 0) is 6.54 Å². The highest BCUT2D eigenvalue weighted by Crippen LogP contribution is 2.32. The van der Waals surface area contributed by atoms with E-state index in [1.54, 1.807) is 11.3 Å². The lowest BCUT2D eigenvalue weighted by molar-refractivity contribution is 0.756. The number of rotatable bonds is 5. The molecule has 1 aliphatic rings. The van der Waals surface area contributed by atoms with Crippen molar-refractivity contribution in [3.63, 3.8) is 0 Å². The van der Waals surface area contributed by atoms with Crippen molar-refractivity contribution in [1.29, 1.82) is 0 Å². The Balaban J connectivity index is 1.91. The molecule has 2 aromatic rings. The Kier molecular flexibility index (Phi) is 3.76. The summed E-state index contributed by atoms with van der Waals surface area (Å²) in [4.78, 5) is 18.3. The maximum absolute atomic E-state index is 6.03. The molecular formula is C13H16ClN5S. The topological polar surface area (TPSA) is 45.2 Å². The Hall–Kier alpha value is -1.40. The van der Waals surface area contributed by atoms with Gasteiger partial charge in [-0.25, -0.2) is 0 Å². The lowest BCUT2D eigenvalue weighted by atomic mass is 10.4. The van der Waals surface area contributed by atoms with E-state index in [1.165, 1.54) is 17.7 Å². The molecule has 0 N–H and O–H groups in total. The van der Waals surface area contributed by atoms with Crippen molar-refractivity contribution < 1.29 is 0 Å². The van der Waals surface area contributed by atoms with Crippen molar-refractivity contribution in [1.82, 2.24) is 15.0 Å². The van der Waals surface area contributed by atoms with Gasteiger partial charge in [0, 0.05) is 25.0 Å². The fraction of sp³-hybridized carbons (Fsp3) is 0.462. The number of aromatic nitrogens is 3. The summed E-state index contributed by atoms with van der Waals surface area (Å²) < 4.78 is 0. The molecule has 1 aliphatic carbocycles. The van der Waals surface area contributed by atoms with E-state index in [-0.39, 0.29) is 5.28 Å². The van der Waals surface area contributed by atoms with E-state index in [0.717, 1.165) is 6.54 Å². The van der Waals surface area contributed by atoms with Crippen LogP contribution >= 0.6 is 22.9 Å². The van der Waals surface area contributed by atoms with Gasteiger partial charge in [0.25, 0.3) is 0 Å². The number of hydrogen-bond donors (Lipinski definition) is 0. The second kappa shape index (κ2) is 5.54. The van der Waals surface area contributed by atoms with Gasteiger partial charge in [-0.2, -0.15) is 15.0 Å². The number of hydrogen-bond acceptors (Lipinski definition) is 6. The fourth-order valence-electron chi connectivity index (χ4n) is 1.98. The second-order valence-electron chi connectivity index (χ2n) is 5.04. The molecule has 1 saturated carbocycles. The first-order chi connectivity index (χ1) is 9.63. The monoisotopic (exact) mass is 309 g/mol. The first-order valence-corrected chi connectivity index (χ1v) is 7.77. The van der Waals surface area contributed by atoms with Gasteiger partial charge in [0.1, 0.15) is 0 Å². The van der Waals surface area contributed by atoms with E-state index in [2.05, 4.69) is 37.4 Å². The summed E-state index contributed by atoms with van der Waals surface area (Å²) in [5.41, 5.74) is 0. The highest BCUT2D eigenvalue weighted by molar-refractivity contribution is 7.09. The van der Waals surface area contributed by atoms with Crippen LogP contribution in [0.5, 0.6) is 0 Å². The minimum absolute atomic E-state index is 0.246. The van der Waals surface area contributed by atoms with Gasteiger partial charge in [-0.1, -0.05) is 6.07 Å². The Bertz CT molecular complexity index is 582. The van der Waals surface area contributed by atoms with Crippen molar-refractivity contribution in [3.8, 4) is 0 Å². The summed E-state index contributed by atoms with van der Waals surface area (Å²) >= 11 is 7.78. The lowest BCUT2D eigenvalue weighted by Crippen LogP contribution is -2.28. The molecule has 0 radical (unpaired) electrons. The van der Waals surface area contributed by atoms with Crippen molar-refractivity contribution in [2.45, 2.75) is 25.4 Å². The standard InChI is InChI=1S/C13H16ClN5S/c1-18(2)12-15-11(14)16-13(17-12)19(9-5-6-9)8-10-4-3-7-20-10/h3-4,7,9H,5-6,8H2,1-2H3. The summed E-state index contributed by atoms with van der Waals surface area (Å²) in [5, 5.41) is 2.34. The van der Waals surface area contributed by atoms with Crippen molar-refractivity contribution in [3.05, 3.63) is 27.7 Å². The number of halogens is 1. The van der Waals surface area contributed by atoms with Gasteiger partial charge < -0.3 is 9.80 Å².